The number of nitrogens with zero attached hydrogens (tertiary/aromatic N) is 1. The smallest absolute Gasteiger partial charge is 0.115 e. The second kappa shape index (κ2) is 7.04. The van der Waals surface area contributed by atoms with Crippen LogP contribution in [0.2, 0.25) is 0 Å². The third-order valence-electron chi connectivity index (χ3n) is 3.06. The lowest BCUT2D eigenvalue weighted by Gasteiger charge is -2.21. The highest BCUT2D eigenvalue weighted by atomic mass is 16.5. The molecule has 1 atom stereocenters. The van der Waals surface area contributed by atoms with Gasteiger partial charge in [0.25, 0.3) is 0 Å². The van der Waals surface area contributed by atoms with Gasteiger partial charge in [-0.25, -0.2) is 0 Å². The number of nitrogens with one attached hydrogen (secondary N) is 1. The predicted molar refractivity (Wildman–Crippen MR) is 75.7 cm³/mol. The van der Waals surface area contributed by atoms with Crippen molar-refractivity contribution in [2.75, 3.05) is 13.1 Å². The van der Waals surface area contributed by atoms with Gasteiger partial charge in [0.1, 0.15) is 11.9 Å². The first-order chi connectivity index (χ1) is 8.88. The van der Waals surface area contributed by atoms with E-state index in [1.165, 1.54) is 0 Å². The fraction of sp³-hybridized carbons (Fsp3) is 0.533. The molecule has 0 spiro atoms. The molecule has 0 aromatic rings. The van der Waals surface area contributed by atoms with Gasteiger partial charge in [0.15, 0.2) is 0 Å². The van der Waals surface area contributed by atoms with Crippen LogP contribution in [0, 0.1) is 0 Å². The van der Waals surface area contributed by atoms with Gasteiger partial charge in [0, 0.05) is 25.9 Å². The summed E-state index contributed by atoms with van der Waals surface area (Å²) >= 11 is 0. The lowest BCUT2D eigenvalue weighted by Crippen LogP contribution is -2.33. The average Bonchev–Trinajstić information content (AvgIpc) is 2.90. The fourth-order valence-corrected chi connectivity index (χ4v) is 2.11. The molecule has 3 heteroatoms. The highest BCUT2D eigenvalue weighted by Gasteiger charge is 2.15. The molecular formula is C15H22N2O. The van der Waals surface area contributed by atoms with Crippen molar-refractivity contribution in [1.29, 1.82) is 0 Å². The summed E-state index contributed by atoms with van der Waals surface area (Å²) in [6, 6.07) is 0. The molecule has 0 radical (unpaired) electrons. The Morgan fingerprint density at radius 1 is 1.56 bits per heavy atom. The minimum absolute atomic E-state index is 0.180. The first-order valence-electron chi connectivity index (χ1n) is 6.80. The highest BCUT2D eigenvalue weighted by Crippen LogP contribution is 2.17. The third kappa shape index (κ3) is 4.06. The van der Waals surface area contributed by atoms with E-state index in [4.69, 9.17) is 4.74 Å². The van der Waals surface area contributed by atoms with Gasteiger partial charge in [-0.1, -0.05) is 18.2 Å². The minimum Gasteiger partial charge on any atom is -0.490 e. The van der Waals surface area contributed by atoms with Crippen molar-refractivity contribution in [2.45, 2.75) is 38.7 Å². The Balaban J connectivity index is 1.90. The second-order valence-corrected chi connectivity index (χ2v) is 4.60. The molecule has 1 heterocycles. The van der Waals surface area contributed by atoms with E-state index in [9.17, 15) is 0 Å². The van der Waals surface area contributed by atoms with Crippen molar-refractivity contribution in [2.24, 2.45) is 4.99 Å². The van der Waals surface area contributed by atoms with Crippen molar-refractivity contribution in [3.05, 3.63) is 36.1 Å². The lowest BCUT2D eigenvalue weighted by molar-refractivity contribution is 0.133. The maximum absolute atomic E-state index is 6.02. The summed E-state index contributed by atoms with van der Waals surface area (Å²) in [4.78, 5) is 4.52. The van der Waals surface area contributed by atoms with Crippen LogP contribution < -0.4 is 5.32 Å². The molecule has 18 heavy (non-hydrogen) atoms. The predicted octanol–water partition coefficient (Wildman–Crippen LogP) is 2.96. The normalized spacial score (nSPS) is 20.5. The van der Waals surface area contributed by atoms with Crippen LogP contribution in [0.25, 0.3) is 0 Å². The number of allylic oxidation sites excluding steroid dienone is 4. The standard InChI is InChI=1S/C15H22N2O/c1-2-3-7-14(18-13-8-4-5-9-13)12-15-16-10-6-11-17-15/h2-4,8-9,14H,5-7,10-12H2,1H3,(H,16,17)/b3-2-. The number of aliphatic imine (C=N–C) groups is 1. The molecular weight excluding hydrogens is 224 g/mol. The molecule has 0 bridgehead atoms. The van der Waals surface area contributed by atoms with E-state index in [1.807, 2.05) is 6.92 Å². The molecule has 0 fully saturated rings. The molecule has 1 unspecified atom stereocenters. The largest absolute Gasteiger partial charge is 0.490 e. The van der Waals surface area contributed by atoms with E-state index < -0.39 is 0 Å². The van der Waals surface area contributed by atoms with Gasteiger partial charge in [0.2, 0.25) is 0 Å². The monoisotopic (exact) mass is 246 g/mol. The molecule has 3 nitrogen and oxygen atoms in total. The zero-order valence-electron chi connectivity index (χ0n) is 11.1. The van der Waals surface area contributed by atoms with E-state index >= 15 is 0 Å². The number of hydrogen-bond acceptors (Lipinski definition) is 3. The molecule has 0 amide bonds. The van der Waals surface area contributed by atoms with Crippen LogP contribution in [0.1, 0.15) is 32.6 Å². The average molecular weight is 246 g/mol. The molecule has 0 saturated heterocycles. The molecule has 98 valence electrons. The number of amidine groups is 1. The van der Waals surface area contributed by atoms with Gasteiger partial charge in [-0.2, -0.15) is 0 Å². The Bertz CT molecular complexity index is 380. The molecule has 0 aromatic carbocycles. The van der Waals surface area contributed by atoms with Gasteiger partial charge in [0.05, 0.1) is 5.84 Å². The lowest BCUT2D eigenvalue weighted by atomic mass is 10.1. The molecule has 2 aliphatic rings. The quantitative estimate of drug-likeness (QED) is 0.731. The van der Waals surface area contributed by atoms with Crippen LogP contribution in [-0.2, 0) is 4.74 Å². The van der Waals surface area contributed by atoms with Crippen LogP contribution in [-0.4, -0.2) is 25.0 Å². The van der Waals surface area contributed by atoms with Gasteiger partial charge in [-0.15, -0.1) is 0 Å². The zero-order chi connectivity index (χ0) is 12.6. The van der Waals surface area contributed by atoms with E-state index in [0.29, 0.717) is 0 Å². The topological polar surface area (TPSA) is 33.6 Å². The van der Waals surface area contributed by atoms with E-state index in [1.54, 1.807) is 0 Å². The number of rotatable bonds is 6. The summed E-state index contributed by atoms with van der Waals surface area (Å²) in [5, 5.41) is 3.36. The van der Waals surface area contributed by atoms with E-state index in [0.717, 1.165) is 50.4 Å². The van der Waals surface area contributed by atoms with Crippen LogP contribution in [0.4, 0.5) is 0 Å². The second-order valence-electron chi connectivity index (χ2n) is 4.60. The van der Waals surface area contributed by atoms with E-state index in [-0.39, 0.29) is 6.10 Å². The van der Waals surface area contributed by atoms with Crippen molar-refractivity contribution in [3.8, 4) is 0 Å². The molecule has 2 rings (SSSR count). The highest BCUT2D eigenvalue weighted by molar-refractivity contribution is 5.83. The molecule has 0 saturated carbocycles. The Kier molecular flexibility index (Phi) is 5.06. The van der Waals surface area contributed by atoms with Crippen molar-refractivity contribution in [1.82, 2.24) is 5.32 Å². The van der Waals surface area contributed by atoms with E-state index in [2.05, 4.69) is 40.7 Å². The fourth-order valence-electron chi connectivity index (χ4n) is 2.11. The zero-order valence-corrected chi connectivity index (χ0v) is 11.1. The maximum atomic E-state index is 6.02. The minimum atomic E-state index is 0.180. The first kappa shape index (κ1) is 12.9. The van der Waals surface area contributed by atoms with Crippen LogP contribution in [0.3, 0.4) is 0 Å². The van der Waals surface area contributed by atoms with Gasteiger partial charge >= 0.3 is 0 Å². The van der Waals surface area contributed by atoms with Crippen molar-refractivity contribution < 1.29 is 4.74 Å². The molecule has 1 N–H and O–H groups in total. The van der Waals surface area contributed by atoms with Crippen molar-refractivity contribution in [3.63, 3.8) is 0 Å². The summed E-state index contributed by atoms with van der Waals surface area (Å²) in [6.07, 6.45) is 14.6. The SMILES string of the molecule is C/C=C\CC(CC1=NCCCN1)OC1=CCC=C1. The Morgan fingerprint density at radius 2 is 2.50 bits per heavy atom. The third-order valence-corrected chi connectivity index (χ3v) is 3.06. The van der Waals surface area contributed by atoms with Crippen LogP contribution in [0.15, 0.2) is 41.1 Å². The van der Waals surface area contributed by atoms with Crippen molar-refractivity contribution >= 4 is 5.84 Å². The summed E-state index contributed by atoms with van der Waals surface area (Å²) in [7, 11) is 0. The summed E-state index contributed by atoms with van der Waals surface area (Å²) in [6.45, 7) is 4.03. The number of ether oxygens (including phenoxy) is 1. The molecule has 1 aliphatic heterocycles. The van der Waals surface area contributed by atoms with Crippen LogP contribution in [0.5, 0.6) is 0 Å². The summed E-state index contributed by atoms with van der Waals surface area (Å²) < 4.78 is 6.02. The molecule has 0 aromatic heterocycles. The summed E-state index contributed by atoms with van der Waals surface area (Å²) in [5.41, 5.74) is 0. The Hall–Kier alpha value is -1.51. The van der Waals surface area contributed by atoms with Gasteiger partial charge < -0.3 is 10.1 Å². The Labute approximate surface area is 109 Å². The van der Waals surface area contributed by atoms with Crippen LogP contribution >= 0.6 is 0 Å². The summed E-state index contributed by atoms with van der Waals surface area (Å²) in [5.74, 6) is 2.10. The molecule has 1 aliphatic carbocycles. The van der Waals surface area contributed by atoms with Gasteiger partial charge in [-0.05, 0) is 31.9 Å². The van der Waals surface area contributed by atoms with Gasteiger partial charge in [-0.3, -0.25) is 4.99 Å². The number of hydrogen-bond donors (Lipinski definition) is 1. The maximum Gasteiger partial charge on any atom is 0.115 e. The first-order valence-corrected chi connectivity index (χ1v) is 6.80. The Morgan fingerprint density at radius 3 is 3.17 bits per heavy atom.